The van der Waals surface area contributed by atoms with E-state index >= 15 is 0 Å². The number of hydrogen-bond donors (Lipinski definition) is 0. The molecular weight excluding hydrogens is 380 g/mol. The number of aromatic nitrogens is 1. The molecular formula is C22H23F2NO4. The lowest BCUT2D eigenvalue weighted by Crippen LogP contribution is -2.16. The lowest BCUT2D eigenvalue weighted by molar-refractivity contribution is -0.149. The Kier molecular flexibility index (Phi) is 6.56. The first kappa shape index (κ1) is 20.9. The van der Waals surface area contributed by atoms with Crippen molar-refractivity contribution in [2.24, 2.45) is 0 Å². The molecule has 0 aliphatic heterocycles. The molecule has 1 aromatic carbocycles. The predicted molar refractivity (Wildman–Crippen MR) is 106 cm³/mol. The molecule has 0 aliphatic rings. The van der Waals surface area contributed by atoms with E-state index in [0.717, 1.165) is 37.8 Å². The van der Waals surface area contributed by atoms with E-state index in [4.69, 9.17) is 9.15 Å². The Labute approximate surface area is 166 Å². The van der Waals surface area contributed by atoms with E-state index in [1.807, 2.05) is 0 Å². The summed E-state index contributed by atoms with van der Waals surface area (Å²) < 4.78 is 38.8. The van der Waals surface area contributed by atoms with Gasteiger partial charge in [0.15, 0.2) is 0 Å². The van der Waals surface area contributed by atoms with E-state index in [0.29, 0.717) is 12.0 Å². The topological polar surface area (TPSA) is 69.4 Å². The minimum Gasteiger partial charge on any atom is -0.464 e. The summed E-state index contributed by atoms with van der Waals surface area (Å²) in [6.45, 7) is 3.72. The number of unbranched alkanes of at least 4 members (excludes halogenated alkanes) is 3. The maximum Gasteiger partial charge on any atom is 0.347 e. The third-order valence-electron chi connectivity index (χ3n) is 4.77. The maximum absolute atomic E-state index is 14.8. The summed E-state index contributed by atoms with van der Waals surface area (Å²) in [5, 5.41) is 0.222. The number of esters is 1. The number of alkyl halides is 1. The van der Waals surface area contributed by atoms with Crippen LogP contribution in [-0.4, -0.2) is 17.6 Å². The quantitative estimate of drug-likeness (QED) is 0.295. The van der Waals surface area contributed by atoms with Gasteiger partial charge in [-0.15, -0.1) is 0 Å². The summed E-state index contributed by atoms with van der Waals surface area (Å²) in [6, 6.07) is 5.10. The van der Waals surface area contributed by atoms with Crippen molar-refractivity contribution < 1.29 is 22.7 Å². The van der Waals surface area contributed by atoms with Gasteiger partial charge in [0.2, 0.25) is 17.3 Å². The Morgan fingerprint density at radius 2 is 1.97 bits per heavy atom. The average Bonchev–Trinajstić information content (AvgIpc) is 2.71. The fraction of sp³-hybridized carbons (Fsp3) is 0.409. The van der Waals surface area contributed by atoms with Crippen LogP contribution in [0.4, 0.5) is 8.78 Å². The van der Waals surface area contributed by atoms with Gasteiger partial charge in [0, 0.05) is 0 Å². The summed E-state index contributed by atoms with van der Waals surface area (Å²) in [4.78, 5) is 29.0. The predicted octanol–water partition coefficient (Wildman–Crippen LogP) is 5.18. The van der Waals surface area contributed by atoms with Crippen LogP contribution in [0.3, 0.4) is 0 Å². The van der Waals surface area contributed by atoms with Gasteiger partial charge in [0.05, 0.1) is 23.1 Å². The number of hydrogen-bond acceptors (Lipinski definition) is 5. The van der Waals surface area contributed by atoms with Crippen LogP contribution in [0, 0.1) is 5.82 Å². The zero-order valence-corrected chi connectivity index (χ0v) is 16.5. The molecule has 0 saturated carbocycles. The molecule has 7 heteroatoms. The van der Waals surface area contributed by atoms with Crippen molar-refractivity contribution in [3.05, 3.63) is 51.6 Å². The molecule has 0 bridgehead atoms. The van der Waals surface area contributed by atoms with Crippen LogP contribution in [-0.2, 0) is 16.0 Å². The smallest absolute Gasteiger partial charge is 0.347 e. The molecule has 0 saturated heterocycles. The zero-order chi connectivity index (χ0) is 21.0. The highest BCUT2D eigenvalue weighted by Crippen LogP contribution is 2.27. The molecule has 1 atom stereocenters. The van der Waals surface area contributed by atoms with Gasteiger partial charge >= 0.3 is 5.97 Å². The molecule has 3 aromatic rings. The van der Waals surface area contributed by atoms with Gasteiger partial charge in [-0.3, -0.25) is 4.79 Å². The Balaban J connectivity index is 2.15. The highest BCUT2D eigenvalue weighted by Gasteiger charge is 2.27. The minimum absolute atomic E-state index is 0.0456. The molecule has 0 amide bonds. The summed E-state index contributed by atoms with van der Waals surface area (Å²) in [5.41, 5.74) is -0.0339. The highest BCUT2D eigenvalue weighted by molar-refractivity contribution is 5.89. The number of carbonyl (C=O) groups excluding carboxylic acids is 1. The van der Waals surface area contributed by atoms with Crippen molar-refractivity contribution in [2.75, 3.05) is 6.61 Å². The average molecular weight is 403 g/mol. The van der Waals surface area contributed by atoms with Crippen molar-refractivity contribution in [3.8, 4) is 0 Å². The van der Waals surface area contributed by atoms with Gasteiger partial charge < -0.3 is 9.15 Å². The molecule has 2 aromatic heterocycles. The standard InChI is InChI=1S/C22H23F2NO4/c1-3-5-6-7-8-13-11-16-20(26)15-12-14(23)9-10-17(15)29-21(16)25-19(13)18(24)22(27)28-4-2/h9-12,18H,3-8H2,1-2H3. The van der Waals surface area contributed by atoms with Crippen LogP contribution in [0.15, 0.2) is 33.5 Å². The van der Waals surface area contributed by atoms with Crippen LogP contribution in [0.5, 0.6) is 0 Å². The number of aryl methyl sites for hydroxylation is 1. The van der Waals surface area contributed by atoms with Crippen LogP contribution in [0.25, 0.3) is 22.1 Å². The molecule has 3 rings (SSSR count). The monoisotopic (exact) mass is 403 g/mol. The summed E-state index contributed by atoms with van der Waals surface area (Å²) in [6.07, 6.45) is 2.14. The van der Waals surface area contributed by atoms with E-state index in [9.17, 15) is 18.4 Å². The molecule has 1 unspecified atom stereocenters. The van der Waals surface area contributed by atoms with Crippen molar-refractivity contribution in [1.29, 1.82) is 0 Å². The SMILES string of the molecule is CCCCCCc1cc2c(=O)c3cc(F)ccc3oc2nc1C(F)C(=O)OCC. The van der Waals surface area contributed by atoms with Gasteiger partial charge in [0.25, 0.3) is 0 Å². The number of ether oxygens (including phenoxy) is 1. The Hall–Kier alpha value is -2.83. The first-order valence-electron chi connectivity index (χ1n) is 9.82. The van der Waals surface area contributed by atoms with Crippen molar-refractivity contribution in [3.63, 3.8) is 0 Å². The molecule has 0 N–H and O–H groups in total. The summed E-state index contributed by atoms with van der Waals surface area (Å²) in [5.74, 6) is -1.58. The zero-order valence-electron chi connectivity index (χ0n) is 16.5. The minimum atomic E-state index is -2.07. The number of halogens is 2. The lowest BCUT2D eigenvalue weighted by Gasteiger charge is -2.13. The molecule has 29 heavy (non-hydrogen) atoms. The number of pyridine rings is 1. The first-order valence-corrected chi connectivity index (χ1v) is 9.82. The Morgan fingerprint density at radius 1 is 1.17 bits per heavy atom. The van der Waals surface area contributed by atoms with Crippen molar-refractivity contribution >= 4 is 28.0 Å². The molecule has 2 heterocycles. The second-order valence-electron chi connectivity index (χ2n) is 6.88. The van der Waals surface area contributed by atoms with E-state index in [1.165, 1.54) is 12.1 Å². The Morgan fingerprint density at radius 3 is 2.69 bits per heavy atom. The fourth-order valence-corrected chi connectivity index (χ4v) is 3.30. The van der Waals surface area contributed by atoms with Gasteiger partial charge in [-0.05, 0) is 49.6 Å². The molecule has 0 aliphatic carbocycles. The molecule has 0 spiro atoms. The Bertz CT molecular complexity index is 1090. The van der Waals surface area contributed by atoms with E-state index in [1.54, 1.807) is 6.92 Å². The third-order valence-corrected chi connectivity index (χ3v) is 4.77. The second kappa shape index (κ2) is 9.11. The molecule has 154 valence electrons. The van der Waals surface area contributed by atoms with E-state index < -0.39 is 23.4 Å². The third kappa shape index (κ3) is 4.44. The van der Waals surface area contributed by atoms with Crippen LogP contribution in [0.2, 0.25) is 0 Å². The number of carbonyl (C=O) groups is 1. The van der Waals surface area contributed by atoms with Crippen LogP contribution in [0.1, 0.15) is 57.0 Å². The summed E-state index contributed by atoms with van der Waals surface area (Å²) >= 11 is 0. The van der Waals surface area contributed by atoms with Crippen molar-refractivity contribution in [2.45, 2.75) is 52.1 Å². The van der Waals surface area contributed by atoms with E-state index in [2.05, 4.69) is 11.9 Å². The largest absolute Gasteiger partial charge is 0.464 e. The highest BCUT2D eigenvalue weighted by atomic mass is 19.1. The maximum atomic E-state index is 14.8. The molecule has 0 fully saturated rings. The van der Waals surface area contributed by atoms with Crippen LogP contribution < -0.4 is 5.43 Å². The van der Waals surface area contributed by atoms with Crippen molar-refractivity contribution in [1.82, 2.24) is 4.98 Å². The van der Waals surface area contributed by atoms with Gasteiger partial charge in [0.1, 0.15) is 11.4 Å². The van der Waals surface area contributed by atoms with E-state index in [-0.39, 0.29) is 34.4 Å². The molecule has 0 radical (unpaired) electrons. The second-order valence-corrected chi connectivity index (χ2v) is 6.88. The number of fused-ring (bicyclic) bond motifs is 2. The molecule has 5 nitrogen and oxygen atoms in total. The first-order chi connectivity index (χ1) is 14.0. The van der Waals surface area contributed by atoms with Gasteiger partial charge in [-0.25, -0.2) is 18.6 Å². The lowest BCUT2D eigenvalue weighted by atomic mass is 10.0. The fourth-order valence-electron chi connectivity index (χ4n) is 3.30. The normalized spacial score (nSPS) is 12.4. The number of rotatable bonds is 8. The van der Waals surface area contributed by atoms with Gasteiger partial charge in [-0.2, -0.15) is 0 Å². The van der Waals surface area contributed by atoms with Crippen LogP contribution >= 0.6 is 0 Å². The van der Waals surface area contributed by atoms with Gasteiger partial charge in [-0.1, -0.05) is 26.2 Å². The number of nitrogens with zero attached hydrogens (tertiary/aromatic N) is 1. The number of benzene rings is 1. The summed E-state index contributed by atoms with van der Waals surface area (Å²) in [7, 11) is 0.